The van der Waals surface area contributed by atoms with Crippen LogP contribution in [0.4, 0.5) is 11.4 Å². The van der Waals surface area contributed by atoms with Crippen molar-refractivity contribution in [1.82, 2.24) is 0 Å². The van der Waals surface area contributed by atoms with Crippen LogP contribution in [0.5, 0.6) is 0 Å². The first-order valence-electron chi connectivity index (χ1n) is 7.51. The number of ether oxygens (including phenoxy) is 1. The van der Waals surface area contributed by atoms with Crippen molar-refractivity contribution >= 4 is 29.7 Å². The second-order valence-electron chi connectivity index (χ2n) is 5.76. The van der Waals surface area contributed by atoms with E-state index in [1.54, 1.807) is 0 Å². The molecular formula is C16H23ClN2O2. The average molecular weight is 311 g/mol. The highest BCUT2D eigenvalue weighted by atomic mass is 35.5. The highest BCUT2D eigenvalue weighted by Crippen LogP contribution is 2.32. The number of rotatable bonds is 3. The summed E-state index contributed by atoms with van der Waals surface area (Å²) in [5.41, 5.74) is 8.99. The van der Waals surface area contributed by atoms with Gasteiger partial charge in [0.05, 0.1) is 0 Å². The summed E-state index contributed by atoms with van der Waals surface area (Å²) in [6, 6.07) is 5.87. The van der Waals surface area contributed by atoms with E-state index >= 15 is 0 Å². The Morgan fingerprint density at radius 2 is 2.29 bits per heavy atom. The first kappa shape index (κ1) is 16.1. The van der Waals surface area contributed by atoms with E-state index in [9.17, 15) is 4.79 Å². The topological polar surface area (TPSA) is 55.6 Å². The van der Waals surface area contributed by atoms with E-state index in [2.05, 4.69) is 0 Å². The molecule has 1 unspecified atom stereocenters. The lowest BCUT2D eigenvalue weighted by Gasteiger charge is -2.30. The fourth-order valence-corrected chi connectivity index (χ4v) is 3.18. The van der Waals surface area contributed by atoms with Gasteiger partial charge in [0.2, 0.25) is 5.91 Å². The van der Waals surface area contributed by atoms with Crippen molar-refractivity contribution < 1.29 is 9.53 Å². The Kier molecular flexibility index (Phi) is 5.48. The minimum Gasteiger partial charge on any atom is -0.398 e. The molecule has 0 radical (unpaired) electrons. The molecule has 0 saturated carbocycles. The fourth-order valence-electron chi connectivity index (χ4n) is 3.18. The molecule has 2 N–H and O–H groups in total. The fraction of sp³-hybridized carbons (Fsp3) is 0.562. The van der Waals surface area contributed by atoms with Gasteiger partial charge in [0.15, 0.2) is 0 Å². The Morgan fingerprint density at radius 3 is 3.05 bits per heavy atom. The van der Waals surface area contributed by atoms with Gasteiger partial charge >= 0.3 is 0 Å². The van der Waals surface area contributed by atoms with Gasteiger partial charge < -0.3 is 15.4 Å². The van der Waals surface area contributed by atoms with Crippen LogP contribution in [0, 0.1) is 5.92 Å². The minimum atomic E-state index is 0. The predicted octanol–water partition coefficient (Wildman–Crippen LogP) is 2.79. The molecule has 1 atom stereocenters. The molecule has 2 aliphatic heterocycles. The molecule has 5 heteroatoms. The van der Waals surface area contributed by atoms with E-state index in [-0.39, 0.29) is 18.3 Å². The number of carbonyl (C=O) groups is 1. The lowest BCUT2D eigenvalue weighted by Crippen LogP contribution is -2.35. The van der Waals surface area contributed by atoms with Crippen LogP contribution in [0.2, 0.25) is 0 Å². The summed E-state index contributed by atoms with van der Waals surface area (Å²) in [5.74, 6) is 0.785. The van der Waals surface area contributed by atoms with Gasteiger partial charge in [0.25, 0.3) is 0 Å². The van der Waals surface area contributed by atoms with Crippen molar-refractivity contribution in [3.63, 3.8) is 0 Å². The Hall–Kier alpha value is -1.26. The number of nitrogen functional groups attached to an aromatic ring is 1. The molecule has 1 aromatic rings. The highest BCUT2D eigenvalue weighted by molar-refractivity contribution is 5.95. The van der Waals surface area contributed by atoms with Crippen LogP contribution < -0.4 is 10.6 Å². The van der Waals surface area contributed by atoms with Gasteiger partial charge in [0, 0.05) is 37.6 Å². The van der Waals surface area contributed by atoms with E-state index in [1.807, 2.05) is 23.1 Å². The first-order chi connectivity index (χ1) is 9.75. The number of nitrogens with two attached hydrogens (primary N) is 1. The standard InChI is InChI=1S/C16H22N2O2.ClH/c17-14-4-1-5-15-13(14)3-2-9-18(15)16(19)7-6-12-8-10-20-11-12;/h1,4-5,12H,2-3,6-11,17H2;1H. The van der Waals surface area contributed by atoms with Crippen LogP contribution in [-0.4, -0.2) is 25.7 Å². The number of halogens is 1. The zero-order chi connectivity index (χ0) is 13.9. The largest absolute Gasteiger partial charge is 0.398 e. The van der Waals surface area contributed by atoms with Gasteiger partial charge in [-0.15, -0.1) is 12.4 Å². The second kappa shape index (κ2) is 7.14. The number of hydrogen-bond donors (Lipinski definition) is 1. The van der Waals surface area contributed by atoms with Gasteiger partial charge in [0.1, 0.15) is 0 Å². The molecule has 0 bridgehead atoms. The molecule has 3 rings (SSSR count). The minimum absolute atomic E-state index is 0. The van der Waals surface area contributed by atoms with Crippen molar-refractivity contribution in [3.05, 3.63) is 23.8 Å². The number of benzene rings is 1. The molecule has 0 spiro atoms. The third kappa shape index (κ3) is 3.50. The normalized spacial score (nSPS) is 20.8. The van der Waals surface area contributed by atoms with E-state index in [0.717, 1.165) is 62.4 Å². The average Bonchev–Trinajstić information content (AvgIpc) is 2.98. The zero-order valence-corrected chi connectivity index (χ0v) is 13.0. The van der Waals surface area contributed by atoms with Crippen LogP contribution in [-0.2, 0) is 16.0 Å². The third-order valence-corrected chi connectivity index (χ3v) is 4.38. The van der Waals surface area contributed by atoms with E-state index in [0.29, 0.717) is 12.3 Å². The molecule has 2 heterocycles. The Morgan fingerprint density at radius 1 is 1.43 bits per heavy atom. The first-order valence-corrected chi connectivity index (χ1v) is 7.51. The Balaban J connectivity index is 0.00000161. The molecule has 1 fully saturated rings. The molecular weight excluding hydrogens is 288 g/mol. The highest BCUT2D eigenvalue weighted by Gasteiger charge is 2.25. The third-order valence-electron chi connectivity index (χ3n) is 4.38. The Bertz CT molecular complexity index is 501. The van der Waals surface area contributed by atoms with Crippen LogP contribution in [0.25, 0.3) is 0 Å². The molecule has 0 aromatic heterocycles. The van der Waals surface area contributed by atoms with Crippen LogP contribution in [0.15, 0.2) is 18.2 Å². The summed E-state index contributed by atoms with van der Waals surface area (Å²) in [4.78, 5) is 14.4. The van der Waals surface area contributed by atoms with Crippen molar-refractivity contribution in [3.8, 4) is 0 Å². The summed E-state index contributed by atoms with van der Waals surface area (Å²) >= 11 is 0. The molecule has 4 nitrogen and oxygen atoms in total. The summed E-state index contributed by atoms with van der Waals surface area (Å²) in [6.45, 7) is 2.48. The van der Waals surface area contributed by atoms with Crippen molar-refractivity contribution in [1.29, 1.82) is 0 Å². The molecule has 21 heavy (non-hydrogen) atoms. The van der Waals surface area contributed by atoms with Gasteiger partial charge in [-0.1, -0.05) is 6.07 Å². The van der Waals surface area contributed by atoms with Crippen LogP contribution in [0.3, 0.4) is 0 Å². The van der Waals surface area contributed by atoms with Crippen molar-refractivity contribution in [2.75, 3.05) is 30.4 Å². The molecule has 2 aliphatic rings. The monoisotopic (exact) mass is 310 g/mol. The van der Waals surface area contributed by atoms with E-state index < -0.39 is 0 Å². The van der Waals surface area contributed by atoms with Crippen LogP contribution in [0.1, 0.15) is 31.2 Å². The van der Waals surface area contributed by atoms with E-state index in [4.69, 9.17) is 10.5 Å². The molecule has 116 valence electrons. The maximum absolute atomic E-state index is 12.5. The predicted molar refractivity (Wildman–Crippen MR) is 86.9 cm³/mol. The van der Waals surface area contributed by atoms with Crippen molar-refractivity contribution in [2.45, 2.75) is 32.1 Å². The van der Waals surface area contributed by atoms with Crippen LogP contribution >= 0.6 is 12.4 Å². The number of anilines is 2. The maximum Gasteiger partial charge on any atom is 0.226 e. The number of fused-ring (bicyclic) bond motifs is 1. The maximum atomic E-state index is 12.5. The number of carbonyl (C=O) groups excluding carboxylic acids is 1. The molecule has 1 saturated heterocycles. The smallest absolute Gasteiger partial charge is 0.226 e. The Labute approximate surface area is 132 Å². The van der Waals surface area contributed by atoms with Gasteiger partial charge in [-0.25, -0.2) is 0 Å². The van der Waals surface area contributed by atoms with Gasteiger partial charge in [-0.3, -0.25) is 4.79 Å². The number of amides is 1. The summed E-state index contributed by atoms with van der Waals surface area (Å²) < 4.78 is 5.37. The summed E-state index contributed by atoms with van der Waals surface area (Å²) in [7, 11) is 0. The lowest BCUT2D eigenvalue weighted by atomic mass is 9.98. The van der Waals surface area contributed by atoms with E-state index in [1.165, 1.54) is 0 Å². The zero-order valence-electron chi connectivity index (χ0n) is 12.2. The van der Waals surface area contributed by atoms with Gasteiger partial charge in [-0.05, 0) is 49.3 Å². The number of nitrogens with zero attached hydrogens (tertiary/aromatic N) is 1. The SMILES string of the molecule is Cl.Nc1cccc2c1CCCN2C(=O)CCC1CCOC1. The molecule has 1 amide bonds. The second-order valence-corrected chi connectivity index (χ2v) is 5.76. The van der Waals surface area contributed by atoms with Gasteiger partial charge in [-0.2, -0.15) is 0 Å². The quantitative estimate of drug-likeness (QED) is 0.873. The molecule has 0 aliphatic carbocycles. The summed E-state index contributed by atoms with van der Waals surface area (Å²) in [6.07, 6.45) is 4.62. The summed E-state index contributed by atoms with van der Waals surface area (Å²) in [5, 5.41) is 0. The van der Waals surface area contributed by atoms with Crippen molar-refractivity contribution in [2.24, 2.45) is 5.92 Å². The molecule has 1 aromatic carbocycles. The number of hydrogen-bond acceptors (Lipinski definition) is 3. The lowest BCUT2D eigenvalue weighted by molar-refractivity contribution is -0.119.